The van der Waals surface area contributed by atoms with Crippen molar-refractivity contribution in [3.63, 3.8) is 0 Å². The summed E-state index contributed by atoms with van der Waals surface area (Å²) in [5.41, 5.74) is 0.930. The van der Waals surface area contributed by atoms with Gasteiger partial charge in [-0.05, 0) is 37.1 Å². The van der Waals surface area contributed by atoms with Crippen LogP contribution in [0.2, 0.25) is 0 Å². The highest BCUT2D eigenvalue weighted by Crippen LogP contribution is 2.20. The van der Waals surface area contributed by atoms with Crippen LogP contribution < -0.4 is 5.32 Å². The van der Waals surface area contributed by atoms with Crippen LogP contribution in [0.5, 0.6) is 0 Å². The summed E-state index contributed by atoms with van der Waals surface area (Å²) < 4.78 is 13.3. The lowest BCUT2D eigenvalue weighted by Gasteiger charge is -2.32. The van der Waals surface area contributed by atoms with Crippen molar-refractivity contribution in [1.82, 2.24) is 15.1 Å². The van der Waals surface area contributed by atoms with Crippen molar-refractivity contribution in [1.29, 1.82) is 0 Å². The topological polar surface area (TPSA) is 52.7 Å². The number of benzene rings is 1. The van der Waals surface area contributed by atoms with Crippen LogP contribution >= 0.6 is 0 Å². The second-order valence-electron chi connectivity index (χ2n) is 6.89. The summed E-state index contributed by atoms with van der Waals surface area (Å²) in [7, 11) is 1.76. The lowest BCUT2D eigenvalue weighted by molar-refractivity contribution is -0.127. The fourth-order valence-electron chi connectivity index (χ4n) is 3.59. The van der Waals surface area contributed by atoms with E-state index < -0.39 is 0 Å². The van der Waals surface area contributed by atoms with Crippen molar-refractivity contribution in [2.75, 3.05) is 26.7 Å². The number of nitrogens with one attached hydrogen (secondary N) is 1. The number of piperidine rings is 1. The summed E-state index contributed by atoms with van der Waals surface area (Å²) in [6, 6.07) is 6.53. The molecule has 24 heavy (non-hydrogen) atoms. The largest absolute Gasteiger partial charge is 0.351 e. The number of hydrogen-bond donors (Lipinski definition) is 1. The second-order valence-corrected chi connectivity index (χ2v) is 6.89. The van der Waals surface area contributed by atoms with Crippen LogP contribution in [0, 0.1) is 11.7 Å². The maximum absolute atomic E-state index is 13.3. The molecule has 0 aliphatic carbocycles. The van der Waals surface area contributed by atoms with E-state index in [0.29, 0.717) is 26.1 Å². The van der Waals surface area contributed by atoms with E-state index in [1.165, 1.54) is 6.07 Å². The van der Waals surface area contributed by atoms with Gasteiger partial charge in [-0.25, -0.2) is 4.39 Å². The van der Waals surface area contributed by atoms with E-state index in [4.69, 9.17) is 0 Å². The number of amides is 2. The van der Waals surface area contributed by atoms with Gasteiger partial charge < -0.3 is 10.2 Å². The van der Waals surface area contributed by atoms with E-state index in [1.54, 1.807) is 24.1 Å². The summed E-state index contributed by atoms with van der Waals surface area (Å²) >= 11 is 0. The van der Waals surface area contributed by atoms with E-state index in [2.05, 4.69) is 10.2 Å². The van der Waals surface area contributed by atoms with Gasteiger partial charge in [0.1, 0.15) is 5.82 Å². The number of nitrogens with zero attached hydrogens (tertiary/aromatic N) is 2. The van der Waals surface area contributed by atoms with Crippen LogP contribution in [0.25, 0.3) is 0 Å². The van der Waals surface area contributed by atoms with Gasteiger partial charge in [0.25, 0.3) is 0 Å². The highest BCUT2D eigenvalue weighted by molar-refractivity contribution is 5.83. The standard InChI is InChI=1S/C18H24FN3O2/c1-21-12-16(9-17(21)23)20-18(24)14-5-3-7-22(11-14)10-13-4-2-6-15(19)8-13/h2,4,6,8,14,16H,3,5,7,9-12H2,1H3,(H,20,24)/t14-,16-/m0/s1. The van der Waals surface area contributed by atoms with Crippen LogP contribution in [0.15, 0.2) is 24.3 Å². The Hall–Kier alpha value is -1.95. The molecule has 2 amide bonds. The second kappa shape index (κ2) is 7.30. The Kier molecular flexibility index (Phi) is 5.14. The molecular weight excluding hydrogens is 309 g/mol. The summed E-state index contributed by atoms with van der Waals surface area (Å²) in [5, 5.41) is 3.01. The minimum absolute atomic E-state index is 0.0343. The maximum atomic E-state index is 13.3. The third-order valence-electron chi connectivity index (χ3n) is 4.86. The van der Waals surface area contributed by atoms with E-state index >= 15 is 0 Å². The maximum Gasteiger partial charge on any atom is 0.224 e. The summed E-state index contributed by atoms with van der Waals surface area (Å²) in [5.74, 6) is -0.175. The minimum Gasteiger partial charge on any atom is -0.351 e. The molecule has 5 nitrogen and oxygen atoms in total. The van der Waals surface area contributed by atoms with Crippen LogP contribution in [0.3, 0.4) is 0 Å². The molecule has 0 spiro atoms. The van der Waals surface area contributed by atoms with Crippen LogP contribution in [-0.2, 0) is 16.1 Å². The molecule has 2 fully saturated rings. The molecule has 1 aromatic rings. The molecule has 6 heteroatoms. The first-order valence-corrected chi connectivity index (χ1v) is 8.52. The van der Waals surface area contributed by atoms with Crippen molar-refractivity contribution in [2.45, 2.75) is 31.8 Å². The van der Waals surface area contributed by atoms with E-state index in [0.717, 1.165) is 24.9 Å². The molecule has 0 radical (unpaired) electrons. The predicted molar refractivity (Wildman–Crippen MR) is 88.6 cm³/mol. The fraction of sp³-hybridized carbons (Fsp3) is 0.556. The summed E-state index contributed by atoms with van der Waals surface area (Å²) in [4.78, 5) is 27.9. The van der Waals surface area contributed by atoms with Gasteiger partial charge in [-0.3, -0.25) is 14.5 Å². The molecule has 2 aliphatic heterocycles. The van der Waals surface area contributed by atoms with Gasteiger partial charge in [0, 0.05) is 33.1 Å². The third-order valence-corrected chi connectivity index (χ3v) is 4.86. The van der Waals surface area contributed by atoms with Gasteiger partial charge in [0.2, 0.25) is 11.8 Å². The number of carbonyl (C=O) groups excluding carboxylic acids is 2. The molecule has 2 saturated heterocycles. The van der Waals surface area contributed by atoms with Gasteiger partial charge in [-0.15, -0.1) is 0 Å². The molecule has 0 unspecified atom stereocenters. The Bertz CT molecular complexity index is 622. The number of rotatable bonds is 4. The minimum atomic E-state index is -0.228. The molecule has 3 rings (SSSR count). The van der Waals surface area contributed by atoms with Crippen molar-refractivity contribution in [3.8, 4) is 0 Å². The Morgan fingerprint density at radius 2 is 2.21 bits per heavy atom. The van der Waals surface area contributed by atoms with Crippen LogP contribution in [0.1, 0.15) is 24.8 Å². The fourth-order valence-corrected chi connectivity index (χ4v) is 3.59. The first-order chi connectivity index (χ1) is 11.5. The average Bonchev–Trinajstić information content (AvgIpc) is 2.85. The normalized spacial score (nSPS) is 25.1. The first-order valence-electron chi connectivity index (χ1n) is 8.52. The Balaban J connectivity index is 1.53. The Morgan fingerprint density at radius 3 is 2.92 bits per heavy atom. The number of hydrogen-bond acceptors (Lipinski definition) is 3. The molecule has 2 atom stereocenters. The number of halogens is 1. The number of likely N-dealkylation sites (N-methyl/N-ethyl adjacent to an activating group) is 1. The van der Waals surface area contributed by atoms with E-state index in [9.17, 15) is 14.0 Å². The number of likely N-dealkylation sites (tertiary alicyclic amines) is 2. The first kappa shape index (κ1) is 16.9. The molecule has 1 aromatic carbocycles. The Morgan fingerprint density at radius 1 is 1.38 bits per heavy atom. The van der Waals surface area contributed by atoms with Crippen molar-refractivity contribution < 1.29 is 14.0 Å². The smallest absolute Gasteiger partial charge is 0.224 e. The van der Waals surface area contributed by atoms with E-state index in [1.807, 2.05) is 6.07 Å². The predicted octanol–water partition coefficient (Wildman–Crippen LogP) is 1.38. The van der Waals surface area contributed by atoms with Gasteiger partial charge >= 0.3 is 0 Å². The SMILES string of the molecule is CN1C[C@@H](NC(=O)[C@H]2CCCN(Cc3cccc(F)c3)C2)CC1=O. The van der Waals surface area contributed by atoms with Gasteiger partial charge in [0.15, 0.2) is 0 Å². The van der Waals surface area contributed by atoms with Crippen LogP contribution in [-0.4, -0.2) is 54.3 Å². The molecule has 0 bridgehead atoms. The molecule has 2 aliphatic rings. The highest BCUT2D eigenvalue weighted by Gasteiger charge is 2.31. The lowest BCUT2D eigenvalue weighted by Crippen LogP contribution is -2.46. The van der Waals surface area contributed by atoms with Gasteiger partial charge in [0.05, 0.1) is 12.0 Å². The zero-order valence-electron chi connectivity index (χ0n) is 14.0. The summed E-state index contributed by atoms with van der Waals surface area (Å²) in [6.45, 7) is 2.85. The van der Waals surface area contributed by atoms with Gasteiger partial charge in [-0.1, -0.05) is 12.1 Å². The third kappa shape index (κ3) is 4.12. The van der Waals surface area contributed by atoms with Gasteiger partial charge in [-0.2, -0.15) is 0 Å². The molecule has 1 N–H and O–H groups in total. The van der Waals surface area contributed by atoms with Crippen molar-refractivity contribution >= 4 is 11.8 Å². The molecule has 2 heterocycles. The molecule has 0 aromatic heterocycles. The quantitative estimate of drug-likeness (QED) is 0.906. The average molecular weight is 333 g/mol. The van der Waals surface area contributed by atoms with Crippen LogP contribution in [0.4, 0.5) is 4.39 Å². The number of carbonyl (C=O) groups is 2. The molecule has 130 valence electrons. The monoisotopic (exact) mass is 333 g/mol. The Labute approximate surface area is 141 Å². The zero-order valence-corrected chi connectivity index (χ0v) is 14.0. The molecule has 0 saturated carbocycles. The summed E-state index contributed by atoms with van der Waals surface area (Å²) in [6.07, 6.45) is 2.21. The highest BCUT2D eigenvalue weighted by atomic mass is 19.1. The zero-order chi connectivity index (χ0) is 17.1. The lowest BCUT2D eigenvalue weighted by atomic mass is 9.96. The van der Waals surface area contributed by atoms with E-state index in [-0.39, 0.29) is 29.6 Å². The molecular formula is C18H24FN3O2. The van der Waals surface area contributed by atoms with Crippen molar-refractivity contribution in [3.05, 3.63) is 35.6 Å². The van der Waals surface area contributed by atoms with Crippen molar-refractivity contribution in [2.24, 2.45) is 5.92 Å².